The Morgan fingerprint density at radius 1 is 1.12 bits per heavy atom. The molecule has 32 heavy (non-hydrogen) atoms. The first-order valence-corrected chi connectivity index (χ1v) is 12.0. The van der Waals surface area contributed by atoms with Gasteiger partial charge in [0, 0.05) is 31.2 Å². The molecule has 0 aromatic carbocycles. The number of halogens is 1. The molecule has 5 rings (SSSR count). The van der Waals surface area contributed by atoms with Crippen LogP contribution < -0.4 is 5.32 Å². The molecule has 0 bridgehead atoms. The van der Waals surface area contributed by atoms with Gasteiger partial charge in [-0.15, -0.1) is 0 Å². The molecule has 6 unspecified atom stereocenters. The Kier molecular flexibility index (Phi) is 5.42. The molecular formula is C24H34FN3O4. The van der Waals surface area contributed by atoms with Crippen LogP contribution in [0.25, 0.3) is 0 Å². The van der Waals surface area contributed by atoms with Crippen molar-refractivity contribution in [3.63, 3.8) is 0 Å². The Bertz CT molecular complexity index is 869. The summed E-state index contributed by atoms with van der Waals surface area (Å²) in [6.45, 7) is 5.54. The van der Waals surface area contributed by atoms with E-state index in [1.807, 2.05) is 0 Å². The van der Waals surface area contributed by atoms with Crippen molar-refractivity contribution in [3.05, 3.63) is 0 Å². The monoisotopic (exact) mass is 447 g/mol. The summed E-state index contributed by atoms with van der Waals surface area (Å²) in [4.78, 5) is 37.2. The second-order valence-corrected chi connectivity index (χ2v) is 10.9. The van der Waals surface area contributed by atoms with E-state index in [-0.39, 0.29) is 35.4 Å². The molecule has 4 aliphatic carbocycles. The summed E-state index contributed by atoms with van der Waals surface area (Å²) in [5.41, 5.74) is 0.271. The van der Waals surface area contributed by atoms with Crippen molar-refractivity contribution in [2.75, 3.05) is 20.2 Å². The molecular weight excluding hydrogens is 413 g/mol. The van der Waals surface area contributed by atoms with Crippen LogP contribution >= 0.6 is 0 Å². The van der Waals surface area contributed by atoms with E-state index in [4.69, 9.17) is 9.68 Å². The van der Waals surface area contributed by atoms with Gasteiger partial charge in [-0.05, 0) is 62.8 Å². The Labute approximate surface area is 188 Å². The summed E-state index contributed by atoms with van der Waals surface area (Å²) in [6.07, 6.45) is 3.02. The molecule has 8 heteroatoms. The zero-order chi connectivity index (χ0) is 22.7. The van der Waals surface area contributed by atoms with Crippen LogP contribution in [0.5, 0.6) is 0 Å². The van der Waals surface area contributed by atoms with Crippen molar-refractivity contribution in [2.45, 2.75) is 71.1 Å². The van der Waals surface area contributed by atoms with E-state index >= 15 is 4.39 Å². The van der Waals surface area contributed by atoms with Crippen molar-refractivity contribution in [3.8, 4) is 0 Å². The third-order valence-electron chi connectivity index (χ3n) is 9.38. The average Bonchev–Trinajstić information content (AvgIpc) is 3.39. The van der Waals surface area contributed by atoms with Gasteiger partial charge < -0.3 is 15.0 Å². The predicted molar refractivity (Wildman–Crippen MR) is 117 cm³/mol. The molecule has 1 N–H and O–H groups in total. The Hall–Kier alpha value is -1.83. The van der Waals surface area contributed by atoms with Gasteiger partial charge >= 0.3 is 0 Å². The van der Waals surface area contributed by atoms with Crippen molar-refractivity contribution in [1.29, 1.82) is 0 Å². The van der Waals surface area contributed by atoms with Crippen LogP contribution in [0, 0.1) is 34.5 Å². The molecule has 0 aromatic rings. The number of nitrogens with one attached hydrogen (secondary N) is 1. The number of nitrogens with zero attached hydrogens (tertiary/aromatic N) is 2. The Balaban J connectivity index is 1.47. The van der Waals surface area contributed by atoms with Crippen molar-refractivity contribution in [1.82, 2.24) is 5.32 Å². The largest absolute Gasteiger partial charge is 0.399 e. The summed E-state index contributed by atoms with van der Waals surface area (Å²) in [7, 11) is 1.54. The molecule has 1 aliphatic heterocycles. The lowest BCUT2D eigenvalue weighted by molar-refractivity contribution is -0.163. The van der Waals surface area contributed by atoms with Crippen LogP contribution in [-0.2, 0) is 19.3 Å². The number of carbonyl (C=O) groups excluding carboxylic acids is 2. The van der Waals surface area contributed by atoms with Crippen LogP contribution in [0.3, 0.4) is 0 Å². The van der Waals surface area contributed by atoms with Gasteiger partial charge in [0.2, 0.25) is 0 Å². The Morgan fingerprint density at radius 2 is 1.94 bits per heavy atom. The van der Waals surface area contributed by atoms with E-state index in [0.29, 0.717) is 25.7 Å². The number of rotatable bonds is 3. The Morgan fingerprint density at radius 3 is 2.66 bits per heavy atom. The summed E-state index contributed by atoms with van der Waals surface area (Å²) in [6, 6.07) is 0. The third kappa shape index (κ3) is 3.08. The molecule has 176 valence electrons. The van der Waals surface area contributed by atoms with E-state index in [1.54, 1.807) is 6.92 Å². The maximum Gasteiger partial charge on any atom is 0.171 e. The van der Waals surface area contributed by atoms with Gasteiger partial charge in [0.15, 0.2) is 12.0 Å². The minimum atomic E-state index is -1.71. The van der Waals surface area contributed by atoms with E-state index in [2.05, 4.69) is 22.6 Å². The number of carbonyl (C=O) groups is 2. The molecule has 1 saturated heterocycles. The topological polar surface area (TPSA) is 89.4 Å². The number of ketones is 2. The molecule has 1 heterocycles. The highest BCUT2D eigenvalue weighted by atomic mass is 19.1. The molecule has 8 atom stereocenters. The van der Waals surface area contributed by atoms with Crippen LogP contribution in [0.1, 0.15) is 58.8 Å². The van der Waals surface area contributed by atoms with Crippen LogP contribution in [0.2, 0.25) is 0 Å². The lowest BCUT2D eigenvalue weighted by atomic mass is 9.44. The van der Waals surface area contributed by atoms with Crippen molar-refractivity contribution >= 4 is 23.0 Å². The minimum Gasteiger partial charge on any atom is -0.399 e. The highest BCUT2D eigenvalue weighted by molar-refractivity contribution is 6.02. The molecule has 4 saturated carbocycles. The SMILES string of the molecule is CON=C1CC2C(C(=O)C(F)[C@]3(C)C(=O)CCC23)[C@@]2(C)CCC(=NOC3CCNC3)CC12. The van der Waals surface area contributed by atoms with Gasteiger partial charge in [-0.1, -0.05) is 17.2 Å². The fourth-order valence-electron chi connectivity index (χ4n) is 7.60. The maximum absolute atomic E-state index is 15.6. The minimum absolute atomic E-state index is 0.0425. The molecule has 7 nitrogen and oxygen atoms in total. The molecule has 0 aromatic heterocycles. The lowest BCUT2D eigenvalue weighted by Crippen LogP contribution is -2.64. The van der Waals surface area contributed by atoms with E-state index in [9.17, 15) is 9.59 Å². The molecule has 0 amide bonds. The van der Waals surface area contributed by atoms with Crippen LogP contribution in [0.4, 0.5) is 4.39 Å². The van der Waals surface area contributed by atoms with Crippen LogP contribution in [-0.4, -0.2) is 55.5 Å². The number of alkyl halides is 1. The number of hydrogen-bond donors (Lipinski definition) is 1. The van der Waals surface area contributed by atoms with Gasteiger partial charge in [0.25, 0.3) is 0 Å². The zero-order valence-corrected chi connectivity index (χ0v) is 19.2. The summed E-state index contributed by atoms with van der Waals surface area (Å²) in [5.74, 6) is -1.11. The lowest BCUT2D eigenvalue weighted by Gasteiger charge is -2.58. The summed E-state index contributed by atoms with van der Waals surface area (Å²) >= 11 is 0. The van der Waals surface area contributed by atoms with E-state index in [0.717, 1.165) is 43.8 Å². The standard InChI is InChI=1S/C24H34FN3O4/c1-23-8-6-13(27-32-14-7-9-26-12-14)10-17(23)18(28-31-3)11-15-16-4-5-19(29)24(16,2)22(25)21(30)20(15)23/h14-17,20,22,26H,4-12H2,1-3H3/t14?,15?,16?,17?,20?,22?,23-,24-/m0/s1. The maximum atomic E-state index is 15.6. The molecule has 5 fully saturated rings. The molecule has 0 radical (unpaired) electrons. The number of fused-ring (bicyclic) bond motifs is 5. The van der Waals surface area contributed by atoms with Crippen molar-refractivity contribution < 1.29 is 23.7 Å². The predicted octanol–water partition coefficient (Wildman–Crippen LogP) is 3.07. The van der Waals surface area contributed by atoms with Gasteiger partial charge in [0.05, 0.1) is 16.8 Å². The fraction of sp³-hybridized carbons (Fsp3) is 0.833. The average molecular weight is 448 g/mol. The second kappa shape index (κ2) is 7.89. The highest BCUT2D eigenvalue weighted by Crippen LogP contribution is 2.64. The summed E-state index contributed by atoms with van der Waals surface area (Å²) < 4.78 is 15.6. The third-order valence-corrected chi connectivity index (χ3v) is 9.38. The summed E-state index contributed by atoms with van der Waals surface area (Å²) in [5, 5.41) is 12.1. The normalized spacial score (nSPS) is 48.5. The first kappa shape index (κ1) is 22.0. The van der Waals surface area contributed by atoms with Gasteiger partial charge in [-0.2, -0.15) is 0 Å². The second-order valence-electron chi connectivity index (χ2n) is 10.9. The quantitative estimate of drug-likeness (QED) is 0.672. The van der Waals surface area contributed by atoms with E-state index in [1.165, 1.54) is 7.11 Å². The molecule has 0 spiro atoms. The number of Topliss-reactive ketones (excluding diaryl/α,β-unsaturated/α-hetero) is 2. The van der Waals surface area contributed by atoms with Gasteiger partial charge in [-0.25, -0.2) is 4.39 Å². The highest BCUT2D eigenvalue weighted by Gasteiger charge is 2.68. The first-order chi connectivity index (χ1) is 15.3. The smallest absolute Gasteiger partial charge is 0.171 e. The van der Waals surface area contributed by atoms with Gasteiger partial charge in [-0.3, -0.25) is 9.59 Å². The molecule has 5 aliphatic rings. The fourth-order valence-corrected chi connectivity index (χ4v) is 7.60. The van der Waals surface area contributed by atoms with Crippen molar-refractivity contribution in [2.24, 2.45) is 44.8 Å². The number of hydrogen-bond acceptors (Lipinski definition) is 7. The zero-order valence-electron chi connectivity index (χ0n) is 19.2. The number of oxime groups is 2. The van der Waals surface area contributed by atoms with Gasteiger partial charge in [0.1, 0.15) is 19.0 Å². The first-order valence-electron chi connectivity index (χ1n) is 12.0. The van der Waals surface area contributed by atoms with E-state index < -0.39 is 22.9 Å². The van der Waals surface area contributed by atoms with Crippen LogP contribution in [0.15, 0.2) is 10.3 Å².